The largest absolute Gasteiger partial charge is 0.272 e. The Morgan fingerprint density at radius 3 is 2.88 bits per heavy atom. The van der Waals surface area contributed by atoms with Crippen LogP contribution in [-0.4, -0.2) is 12.5 Å². The fourth-order valence-corrected chi connectivity index (χ4v) is 0.199. The molecule has 0 saturated carbocycles. The van der Waals surface area contributed by atoms with Crippen molar-refractivity contribution in [3.8, 4) is 6.19 Å². The molecule has 44 valence electrons. The van der Waals surface area contributed by atoms with Crippen LogP contribution in [0.1, 0.15) is 0 Å². The van der Waals surface area contributed by atoms with Crippen molar-refractivity contribution in [1.29, 1.82) is 5.26 Å². The summed E-state index contributed by atoms with van der Waals surface area (Å²) in [6.45, 7) is -0.0342. The van der Waals surface area contributed by atoms with E-state index in [1.165, 1.54) is 6.19 Å². The lowest BCUT2D eigenvalue weighted by atomic mass is 10.6. The Balaban J connectivity index is 3.23. The van der Waals surface area contributed by atoms with Gasteiger partial charge in [0.05, 0.1) is 6.54 Å². The Labute approximate surface area is 46.4 Å². The third kappa shape index (κ3) is 3.08. The summed E-state index contributed by atoms with van der Waals surface area (Å²) < 4.78 is 0. The second kappa shape index (κ2) is 4.05. The number of nitrogens with two attached hydrogens (primary N) is 1. The summed E-state index contributed by atoms with van der Waals surface area (Å²) in [6, 6.07) is 0. The summed E-state index contributed by atoms with van der Waals surface area (Å²) in [5.74, 6) is 4.30. The van der Waals surface area contributed by atoms with Crippen LogP contribution in [-0.2, 0) is 4.79 Å². The standard InChI is InChI=1S/C3H6N4O/c4-2-6-3(8)1-7-5/h7H,1,5H2,(H,6,8). The van der Waals surface area contributed by atoms with Gasteiger partial charge in [0.25, 0.3) is 0 Å². The first-order valence-electron chi connectivity index (χ1n) is 1.92. The lowest BCUT2D eigenvalue weighted by Gasteiger charge is -1.91. The molecule has 0 heterocycles. The van der Waals surface area contributed by atoms with Gasteiger partial charge in [-0.25, -0.2) is 0 Å². The summed E-state index contributed by atoms with van der Waals surface area (Å²) in [7, 11) is 0. The zero-order valence-corrected chi connectivity index (χ0v) is 4.14. The first-order valence-corrected chi connectivity index (χ1v) is 1.92. The Morgan fingerprint density at radius 1 is 1.88 bits per heavy atom. The topological polar surface area (TPSA) is 90.9 Å². The van der Waals surface area contributed by atoms with Gasteiger partial charge >= 0.3 is 0 Å². The molecular weight excluding hydrogens is 108 g/mol. The van der Waals surface area contributed by atoms with E-state index >= 15 is 0 Å². The van der Waals surface area contributed by atoms with Crippen LogP contribution >= 0.6 is 0 Å². The maximum atomic E-state index is 10.2. The van der Waals surface area contributed by atoms with Gasteiger partial charge in [0.1, 0.15) is 0 Å². The van der Waals surface area contributed by atoms with Crippen molar-refractivity contribution in [1.82, 2.24) is 10.7 Å². The number of rotatable bonds is 2. The van der Waals surface area contributed by atoms with Gasteiger partial charge in [-0.15, -0.1) is 0 Å². The number of nitriles is 1. The highest BCUT2D eigenvalue weighted by Gasteiger charge is 1.92. The Morgan fingerprint density at radius 2 is 2.50 bits per heavy atom. The molecule has 0 aromatic heterocycles. The molecule has 0 aliphatic heterocycles. The molecule has 0 aromatic carbocycles. The maximum Gasteiger partial charge on any atom is 0.248 e. The van der Waals surface area contributed by atoms with Gasteiger partial charge in [0.2, 0.25) is 5.91 Å². The van der Waals surface area contributed by atoms with Crippen molar-refractivity contribution in [2.75, 3.05) is 6.54 Å². The van der Waals surface area contributed by atoms with Crippen LogP contribution in [0.5, 0.6) is 0 Å². The van der Waals surface area contributed by atoms with Crippen LogP contribution in [0.4, 0.5) is 0 Å². The minimum Gasteiger partial charge on any atom is -0.272 e. The molecule has 0 saturated heterocycles. The van der Waals surface area contributed by atoms with E-state index in [2.05, 4.69) is 5.43 Å². The van der Waals surface area contributed by atoms with E-state index in [0.717, 1.165) is 0 Å². The lowest BCUT2D eigenvalue weighted by molar-refractivity contribution is -0.119. The molecule has 0 fully saturated rings. The van der Waals surface area contributed by atoms with Gasteiger partial charge in [-0.3, -0.25) is 21.4 Å². The monoisotopic (exact) mass is 114 g/mol. The molecule has 0 bridgehead atoms. The second-order valence-electron chi connectivity index (χ2n) is 1.04. The number of nitrogens with zero attached hydrogens (tertiary/aromatic N) is 1. The minimum absolute atomic E-state index is 0.0342. The predicted molar refractivity (Wildman–Crippen MR) is 25.9 cm³/mol. The van der Waals surface area contributed by atoms with E-state index in [1.807, 2.05) is 5.32 Å². The molecule has 0 radical (unpaired) electrons. The molecule has 0 aliphatic rings. The molecule has 5 heteroatoms. The highest BCUT2D eigenvalue weighted by atomic mass is 16.1. The van der Waals surface area contributed by atoms with Gasteiger partial charge in [-0.2, -0.15) is 5.26 Å². The summed E-state index contributed by atoms with van der Waals surface area (Å²) in [6.07, 6.45) is 1.46. The number of nitrogens with one attached hydrogen (secondary N) is 2. The number of amides is 1. The molecule has 0 unspecified atom stereocenters. The van der Waals surface area contributed by atoms with Crippen LogP contribution < -0.4 is 16.6 Å². The molecule has 8 heavy (non-hydrogen) atoms. The highest BCUT2D eigenvalue weighted by Crippen LogP contribution is 1.54. The fraction of sp³-hybridized carbons (Fsp3) is 0.333. The van der Waals surface area contributed by atoms with E-state index in [9.17, 15) is 4.79 Å². The minimum atomic E-state index is -0.435. The van der Waals surface area contributed by atoms with Crippen molar-refractivity contribution in [3.63, 3.8) is 0 Å². The summed E-state index contributed by atoms with van der Waals surface area (Å²) in [5.41, 5.74) is 2.09. The van der Waals surface area contributed by atoms with Gasteiger partial charge < -0.3 is 0 Å². The normalized spacial score (nSPS) is 7.50. The van der Waals surface area contributed by atoms with Crippen LogP contribution in [0.3, 0.4) is 0 Å². The number of hydrogen-bond acceptors (Lipinski definition) is 4. The number of carbonyl (C=O) groups excluding carboxylic acids is 1. The van der Waals surface area contributed by atoms with Crippen LogP contribution in [0, 0.1) is 11.5 Å². The maximum absolute atomic E-state index is 10.2. The molecule has 1 amide bonds. The number of carbonyl (C=O) groups is 1. The average molecular weight is 114 g/mol. The van der Waals surface area contributed by atoms with E-state index in [1.54, 1.807) is 0 Å². The van der Waals surface area contributed by atoms with Crippen LogP contribution in [0.15, 0.2) is 0 Å². The van der Waals surface area contributed by atoms with Crippen molar-refractivity contribution in [3.05, 3.63) is 0 Å². The summed E-state index contributed by atoms with van der Waals surface area (Å²) >= 11 is 0. The van der Waals surface area contributed by atoms with E-state index in [4.69, 9.17) is 11.1 Å². The SMILES string of the molecule is N#CNC(=O)CNN. The quantitative estimate of drug-likeness (QED) is 0.168. The van der Waals surface area contributed by atoms with Crippen LogP contribution in [0.25, 0.3) is 0 Å². The first-order chi connectivity index (χ1) is 3.81. The van der Waals surface area contributed by atoms with Gasteiger partial charge in [-0.05, 0) is 0 Å². The molecule has 0 rings (SSSR count). The average Bonchev–Trinajstić information content (AvgIpc) is 1.68. The zero-order chi connectivity index (χ0) is 6.41. The summed E-state index contributed by atoms with van der Waals surface area (Å²) in [4.78, 5) is 10.2. The molecule has 5 nitrogen and oxygen atoms in total. The molecule has 0 atom stereocenters. The van der Waals surface area contributed by atoms with Gasteiger partial charge in [0, 0.05) is 0 Å². The molecule has 4 N–H and O–H groups in total. The second-order valence-corrected chi connectivity index (χ2v) is 1.04. The first kappa shape index (κ1) is 6.88. The summed E-state index contributed by atoms with van der Waals surface area (Å²) in [5, 5.41) is 9.68. The Kier molecular flexibility index (Phi) is 3.48. The van der Waals surface area contributed by atoms with Crippen molar-refractivity contribution >= 4 is 5.91 Å². The van der Waals surface area contributed by atoms with Crippen molar-refractivity contribution < 1.29 is 4.79 Å². The number of hydrazine groups is 1. The third-order valence-corrected chi connectivity index (χ3v) is 0.458. The smallest absolute Gasteiger partial charge is 0.248 e. The zero-order valence-electron chi connectivity index (χ0n) is 4.14. The Hall–Kier alpha value is -1.12. The molecule has 0 aromatic rings. The van der Waals surface area contributed by atoms with Crippen LogP contribution in [0.2, 0.25) is 0 Å². The highest BCUT2D eigenvalue weighted by molar-refractivity contribution is 5.79. The van der Waals surface area contributed by atoms with Crippen molar-refractivity contribution in [2.45, 2.75) is 0 Å². The number of hydrogen-bond donors (Lipinski definition) is 3. The fourth-order valence-electron chi connectivity index (χ4n) is 0.199. The third-order valence-electron chi connectivity index (χ3n) is 0.458. The van der Waals surface area contributed by atoms with E-state index in [0.29, 0.717) is 0 Å². The predicted octanol–water partition coefficient (Wildman–Crippen LogP) is -1.95. The van der Waals surface area contributed by atoms with Gasteiger partial charge in [-0.1, -0.05) is 0 Å². The molecule has 0 spiro atoms. The van der Waals surface area contributed by atoms with Gasteiger partial charge in [0.15, 0.2) is 6.19 Å². The van der Waals surface area contributed by atoms with E-state index in [-0.39, 0.29) is 6.54 Å². The van der Waals surface area contributed by atoms with E-state index < -0.39 is 5.91 Å². The lowest BCUT2D eigenvalue weighted by Crippen LogP contribution is -2.34. The van der Waals surface area contributed by atoms with Crippen molar-refractivity contribution in [2.24, 2.45) is 5.84 Å². The molecular formula is C3H6N4O. The Bertz CT molecular complexity index is 115. The molecule has 0 aliphatic carbocycles.